The maximum absolute atomic E-state index is 12.3. The molecule has 1 aliphatic carbocycles. The Labute approximate surface area is 119 Å². The molecule has 0 spiro atoms. The number of aliphatic hydroxyl groups is 1. The predicted molar refractivity (Wildman–Crippen MR) is 72.2 cm³/mol. The fraction of sp³-hybridized carbons (Fsp3) is 0.917. The first-order valence-corrected chi connectivity index (χ1v) is 8.27. The van der Waals surface area contributed by atoms with Crippen molar-refractivity contribution in [1.82, 2.24) is 9.03 Å². The molecule has 3 N–H and O–H groups in total. The number of nitrogens with one attached hydrogen (secondary N) is 1. The molecule has 2 rings (SSSR count). The van der Waals surface area contributed by atoms with Crippen LogP contribution in [0, 0.1) is 11.3 Å². The number of hydrogen-bond acceptors (Lipinski definition) is 4. The van der Waals surface area contributed by atoms with E-state index in [1.54, 1.807) is 0 Å². The number of carbonyl (C=O) groups is 1. The van der Waals surface area contributed by atoms with Crippen molar-refractivity contribution in [2.45, 2.75) is 45.3 Å². The number of carboxylic acid groups (broad SMARTS) is 1. The summed E-state index contributed by atoms with van der Waals surface area (Å²) in [6.45, 7) is 3.98. The van der Waals surface area contributed by atoms with E-state index in [0.717, 1.165) is 0 Å². The minimum atomic E-state index is -3.70. The van der Waals surface area contributed by atoms with Gasteiger partial charge >= 0.3 is 5.97 Å². The van der Waals surface area contributed by atoms with Crippen LogP contribution in [0.2, 0.25) is 0 Å². The summed E-state index contributed by atoms with van der Waals surface area (Å²) in [6.07, 6.45) is 0.940. The van der Waals surface area contributed by atoms with Crippen molar-refractivity contribution in [3.05, 3.63) is 0 Å². The number of rotatable bonds is 4. The summed E-state index contributed by atoms with van der Waals surface area (Å²) >= 11 is 0. The lowest BCUT2D eigenvalue weighted by molar-refractivity contribution is -0.142. The molecular weight excluding hydrogens is 284 g/mol. The summed E-state index contributed by atoms with van der Waals surface area (Å²) < 4.78 is 28.4. The molecule has 2 fully saturated rings. The quantitative estimate of drug-likeness (QED) is 0.665. The molecule has 0 aromatic heterocycles. The molecule has 0 radical (unpaired) electrons. The topological polar surface area (TPSA) is 107 Å². The van der Waals surface area contributed by atoms with E-state index >= 15 is 0 Å². The molecule has 3 atom stereocenters. The lowest BCUT2D eigenvalue weighted by Gasteiger charge is -2.49. The molecular formula is C12H22N2O5S. The zero-order valence-corrected chi connectivity index (χ0v) is 12.6. The van der Waals surface area contributed by atoms with Crippen molar-refractivity contribution in [3.63, 3.8) is 0 Å². The zero-order chi connectivity index (χ0) is 15.1. The van der Waals surface area contributed by atoms with Gasteiger partial charge in [0.1, 0.15) is 0 Å². The van der Waals surface area contributed by atoms with Crippen LogP contribution in [0.3, 0.4) is 0 Å². The third-order valence-corrected chi connectivity index (χ3v) is 6.17. The van der Waals surface area contributed by atoms with E-state index in [1.165, 1.54) is 4.31 Å². The van der Waals surface area contributed by atoms with Gasteiger partial charge in [-0.1, -0.05) is 13.8 Å². The van der Waals surface area contributed by atoms with Crippen molar-refractivity contribution in [2.24, 2.45) is 11.3 Å². The van der Waals surface area contributed by atoms with Crippen LogP contribution < -0.4 is 4.72 Å². The molecule has 1 saturated carbocycles. The lowest BCUT2D eigenvalue weighted by atomic mass is 9.65. The largest absolute Gasteiger partial charge is 0.481 e. The maximum Gasteiger partial charge on any atom is 0.307 e. The van der Waals surface area contributed by atoms with Gasteiger partial charge in [0.05, 0.1) is 12.0 Å². The normalized spacial score (nSPS) is 34.5. The minimum absolute atomic E-state index is 0.0143. The number of carboxylic acids is 1. The van der Waals surface area contributed by atoms with Gasteiger partial charge in [0.15, 0.2) is 0 Å². The molecule has 3 unspecified atom stereocenters. The Morgan fingerprint density at radius 3 is 2.55 bits per heavy atom. The van der Waals surface area contributed by atoms with E-state index in [2.05, 4.69) is 4.72 Å². The Bertz CT molecular complexity index is 490. The average molecular weight is 306 g/mol. The zero-order valence-electron chi connectivity index (χ0n) is 11.7. The van der Waals surface area contributed by atoms with Crippen LogP contribution in [-0.4, -0.2) is 54.1 Å². The summed E-state index contributed by atoms with van der Waals surface area (Å²) in [5.74, 6) is -1.59. The standard InChI is InChI=1S/C12H22N2O5S/c1-12(2)9(6-10(12)15)13-20(18,19)14-5-3-4-8(7-14)11(16)17/h8-10,13,15H,3-7H2,1-2H3,(H,16,17). The van der Waals surface area contributed by atoms with Crippen molar-refractivity contribution >= 4 is 16.2 Å². The molecule has 0 amide bonds. The van der Waals surface area contributed by atoms with Gasteiger partial charge in [0.2, 0.25) is 0 Å². The summed E-state index contributed by atoms with van der Waals surface area (Å²) in [5.41, 5.74) is -0.491. The fourth-order valence-electron chi connectivity index (χ4n) is 2.72. The Morgan fingerprint density at radius 2 is 2.05 bits per heavy atom. The highest BCUT2D eigenvalue weighted by Crippen LogP contribution is 2.41. The molecule has 1 aliphatic heterocycles. The number of aliphatic hydroxyl groups excluding tert-OH is 1. The molecule has 20 heavy (non-hydrogen) atoms. The number of aliphatic carboxylic acids is 1. The van der Waals surface area contributed by atoms with Gasteiger partial charge in [-0.25, -0.2) is 0 Å². The molecule has 7 nitrogen and oxygen atoms in total. The Balaban J connectivity index is 2.02. The third kappa shape index (κ3) is 2.83. The molecule has 1 saturated heterocycles. The van der Waals surface area contributed by atoms with E-state index < -0.39 is 33.6 Å². The van der Waals surface area contributed by atoms with Gasteiger partial charge < -0.3 is 10.2 Å². The highest BCUT2D eigenvalue weighted by atomic mass is 32.2. The van der Waals surface area contributed by atoms with Crippen molar-refractivity contribution in [2.75, 3.05) is 13.1 Å². The maximum atomic E-state index is 12.3. The van der Waals surface area contributed by atoms with Crippen molar-refractivity contribution < 1.29 is 23.4 Å². The molecule has 2 aliphatic rings. The van der Waals surface area contributed by atoms with E-state index in [9.17, 15) is 18.3 Å². The summed E-state index contributed by atoms with van der Waals surface area (Å²) in [5, 5.41) is 18.6. The first-order chi connectivity index (χ1) is 9.14. The van der Waals surface area contributed by atoms with E-state index in [4.69, 9.17) is 5.11 Å². The average Bonchev–Trinajstić information content (AvgIpc) is 2.38. The van der Waals surface area contributed by atoms with Gasteiger partial charge in [0.25, 0.3) is 10.2 Å². The van der Waals surface area contributed by atoms with E-state index in [1.807, 2.05) is 13.8 Å². The lowest BCUT2D eigenvalue weighted by Crippen LogP contribution is -2.63. The van der Waals surface area contributed by atoms with Gasteiger partial charge in [-0.3, -0.25) is 4.79 Å². The molecule has 116 valence electrons. The van der Waals surface area contributed by atoms with Crippen LogP contribution in [0.25, 0.3) is 0 Å². The van der Waals surface area contributed by atoms with Gasteiger partial charge in [0, 0.05) is 24.5 Å². The second-order valence-electron chi connectivity index (χ2n) is 6.28. The molecule has 1 heterocycles. The van der Waals surface area contributed by atoms with Crippen LogP contribution in [0.15, 0.2) is 0 Å². The van der Waals surface area contributed by atoms with Gasteiger partial charge in [-0.2, -0.15) is 17.4 Å². The van der Waals surface area contributed by atoms with Crippen LogP contribution in [-0.2, 0) is 15.0 Å². The smallest absolute Gasteiger partial charge is 0.307 e. The highest BCUT2D eigenvalue weighted by Gasteiger charge is 2.49. The monoisotopic (exact) mass is 306 g/mol. The summed E-state index contributed by atoms with van der Waals surface area (Å²) in [7, 11) is -3.70. The number of hydrogen-bond donors (Lipinski definition) is 3. The number of piperidine rings is 1. The van der Waals surface area contributed by atoms with E-state index in [-0.39, 0.29) is 12.6 Å². The first-order valence-electron chi connectivity index (χ1n) is 6.83. The summed E-state index contributed by atoms with van der Waals surface area (Å²) in [6, 6.07) is -0.312. The van der Waals surface area contributed by atoms with Crippen molar-refractivity contribution in [1.29, 1.82) is 0 Å². The molecule has 0 aromatic rings. The minimum Gasteiger partial charge on any atom is -0.481 e. The van der Waals surface area contributed by atoms with Gasteiger partial charge in [-0.05, 0) is 19.3 Å². The Morgan fingerprint density at radius 1 is 1.40 bits per heavy atom. The fourth-order valence-corrected chi connectivity index (χ4v) is 4.37. The van der Waals surface area contributed by atoms with Gasteiger partial charge in [-0.15, -0.1) is 0 Å². The molecule has 0 aromatic carbocycles. The Kier molecular flexibility index (Phi) is 4.12. The molecule has 0 bridgehead atoms. The SMILES string of the molecule is CC1(C)C(O)CC1NS(=O)(=O)N1CCCC(C(=O)O)C1. The first kappa shape index (κ1) is 15.7. The van der Waals surface area contributed by atoms with Crippen LogP contribution in [0.5, 0.6) is 0 Å². The number of nitrogens with zero attached hydrogens (tertiary/aromatic N) is 1. The third-order valence-electron chi connectivity index (χ3n) is 4.58. The van der Waals surface area contributed by atoms with Crippen LogP contribution in [0.4, 0.5) is 0 Å². The predicted octanol–water partition coefficient (Wildman–Crippen LogP) is -0.223. The van der Waals surface area contributed by atoms with E-state index in [0.29, 0.717) is 25.8 Å². The van der Waals surface area contributed by atoms with Crippen molar-refractivity contribution in [3.8, 4) is 0 Å². The molecule has 8 heteroatoms. The summed E-state index contributed by atoms with van der Waals surface area (Å²) in [4.78, 5) is 11.0. The second kappa shape index (κ2) is 5.25. The highest BCUT2D eigenvalue weighted by molar-refractivity contribution is 7.87. The van der Waals surface area contributed by atoms with Crippen LogP contribution in [0.1, 0.15) is 33.1 Å². The second-order valence-corrected chi connectivity index (χ2v) is 7.99. The van der Waals surface area contributed by atoms with Crippen LogP contribution >= 0.6 is 0 Å². The Hall–Kier alpha value is -0.700.